The highest BCUT2D eigenvalue weighted by atomic mass is 16.2. The fourth-order valence-electron chi connectivity index (χ4n) is 3.23. The SMILES string of the molecule is CC(C)n1cccc1C(=O)N1CCCC[C@H]1c1ccccn1. The molecule has 3 heterocycles. The number of carbonyl (C=O) groups is 1. The first-order chi connectivity index (χ1) is 10.7. The predicted molar refractivity (Wildman–Crippen MR) is 86.7 cm³/mol. The maximum Gasteiger partial charge on any atom is 0.271 e. The Morgan fingerprint density at radius 1 is 1.23 bits per heavy atom. The smallest absolute Gasteiger partial charge is 0.271 e. The second kappa shape index (κ2) is 6.34. The van der Waals surface area contributed by atoms with Gasteiger partial charge in [-0.05, 0) is 57.4 Å². The topological polar surface area (TPSA) is 38.1 Å². The van der Waals surface area contributed by atoms with Crippen LogP contribution in [0.1, 0.15) is 61.4 Å². The van der Waals surface area contributed by atoms with Crippen LogP contribution in [0.5, 0.6) is 0 Å². The highest BCUT2D eigenvalue weighted by molar-refractivity contribution is 5.93. The van der Waals surface area contributed by atoms with Gasteiger partial charge in [0.2, 0.25) is 0 Å². The Hall–Kier alpha value is -2.10. The molecule has 4 nitrogen and oxygen atoms in total. The van der Waals surface area contributed by atoms with Crippen molar-refractivity contribution in [2.24, 2.45) is 0 Å². The molecular weight excluding hydrogens is 274 g/mol. The summed E-state index contributed by atoms with van der Waals surface area (Å²) in [5, 5.41) is 0. The molecule has 22 heavy (non-hydrogen) atoms. The fourth-order valence-corrected chi connectivity index (χ4v) is 3.23. The van der Waals surface area contributed by atoms with Gasteiger partial charge in [-0.2, -0.15) is 0 Å². The Morgan fingerprint density at radius 3 is 2.82 bits per heavy atom. The van der Waals surface area contributed by atoms with Crippen LogP contribution in [0.2, 0.25) is 0 Å². The van der Waals surface area contributed by atoms with Gasteiger partial charge in [-0.1, -0.05) is 6.07 Å². The van der Waals surface area contributed by atoms with Gasteiger partial charge in [-0.15, -0.1) is 0 Å². The molecule has 0 spiro atoms. The summed E-state index contributed by atoms with van der Waals surface area (Å²) >= 11 is 0. The number of nitrogens with zero attached hydrogens (tertiary/aromatic N) is 3. The van der Waals surface area contributed by atoms with Crippen LogP contribution >= 0.6 is 0 Å². The second-order valence-electron chi connectivity index (χ2n) is 6.16. The van der Waals surface area contributed by atoms with Crippen LogP contribution < -0.4 is 0 Å². The van der Waals surface area contributed by atoms with E-state index in [-0.39, 0.29) is 18.0 Å². The lowest BCUT2D eigenvalue weighted by Gasteiger charge is -2.35. The van der Waals surface area contributed by atoms with Gasteiger partial charge in [0.25, 0.3) is 5.91 Å². The Labute approximate surface area is 131 Å². The molecule has 0 saturated carbocycles. The highest BCUT2D eigenvalue weighted by Gasteiger charge is 2.30. The summed E-state index contributed by atoms with van der Waals surface area (Å²) in [5.41, 5.74) is 1.77. The molecule has 1 aliphatic rings. The van der Waals surface area contributed by atoms with Crippen molar-refractivity contribution in [2.45, 2.75) is 45.2 Å². The normalized spacial score (nSPS) is 18.7. The van der Waals surface area contributed by atoms with Crippen LogP contribution in [0.15, 0.2) is 42.7 Å². The van der Waals surface area contributed by atoms with E-state index >= 15 is 0 Å². The molecule has 0 unspecified atom stereocenters. The summed E-state index contributed by atoms with van der Waals surface area (Å²) in [4.78, 5) is 19.5. The molecule has 0 bridgehead atoms. The van der Waals surface area contributed by atoms with E-state index in [2.05, 4.69) is 18.8 Å². The zero-order chi connectivity index (χ0) is 15.5. The molecule has 0 N–H and O–H groups in total. The zero-order valence-corrected chi connectivity index (χ0v) is 13.3. The van der Waals surface area contributed by atoms with Crippen LogP contribution in [0.3, 0.4) is 0 Å². The quantitative estimate of drug-likeness (QED) is 0.863. The third kappa shape index (κ3) is 2.78. The Balaban J connectivity index is 1.90. The van der Waals surface area contributed by atoms with Gasteiger partial charge in [0.05, 0.1) is 11.7 Å². The number of hydrogen-bond acceptors (Lipinski definition) is 2. The van der Waals surface area contributed by atoms with E-state index in [0.717, 1.165) is 37.2 Å². The molecule has 1 atom stereocenters. The maximum absolute atomic E-state index is 13.0. The minimum Gasteiger partial charge on any atom is -0.341 e. The summed E-state index contributed by atoms with van der Waals surface area (Å²) in [6.45, 7) is 5.01. The van der Waals surface area contributed by atoms with Gasteiger partial charge in [0.15, 0.2) is 0 Å². The molecule has 2 aromatic rings. The molecular formula is C18H23N3O. The van der Waals surface area contributed by atoms with Crippen LogP contribution in [-0.2, 0) is 0 Å². The number of piperidine rings is 1. The number of rotatable bonds is 3. The summed E-state index contributed by atoms with van der Waals surface area (Å²) in [6.07, 6.45) is 7.00. The van der Waals surface area contributed by atoms with Crippen molar-refractivity contribution in [1.82, 2.24) is 14.5 Å². The molecule has 1 fully saturated rings. The molecule has 1 amide bonds. The summed E-state index contributed by atoms with van der Waals surface area (Å²) < 4.78 is 2.05. The van der Waals surface area contributed by atoms with Crippen molar-refractivity contribution in [3.63, 3.8) is 0 Å². The van der Waals surface area contributed by atoms with E-state index in [1.54, 1.807) is 0 Å². The average molecular weight is 297 g/mol. The van der Waals surface area contributed by atoms with Crippen LogP contribution in [0, 0.1) is 0 Å². The van der Waals surface area contributed by atoms with Gasteiger partial charge < -0.3 is 9.47 Å². The number of carbonyl (C=O) groups excluding carboxylic acids is 1. The largest absolute Gasteiger partial charge is 0.341 e. The third-order valence-corrected chi connectivity index (χ3v) is 4.35. The van der Waals surface area contributed by atoms with Crippen molar-refractivity contribution in [2.75, 3.05) is 6.54 Å². The van der Waals surface area contributed by atoms with E-state index < -0.39 is 0 Å². The molecule has 3 rings (SSSR count). The molecule has 0 radical (unpaired) electrons. The Kier molecular flexibility index (Phi) is 4.27. The van der Waals surface area contributed by atoms with Crippen LogP contribution in [0.25, 0.3) is 0 Å². The lowest BCUT2D eigenvalue weighted by molar-refractivity contribution is 0.0593. The molecule has 2 aromatic heterocycles. The van der Waals surface area contributed by atoms with Gasteiger partial charge >= 0.3 is 0 Å². The standard InChI is InChI=1S/C18H23N3O/c1-14(2)20-13-7-10-17(20)18(22)21-12-6-4-9-16(21)15-8-3-5-11-19-15/h3,5,7-8,10-11,13-14,16H,4,6,9,12H2,1-2H3/t16-/m0/s1. The summed E-state index contributed by atoms with van der Waals surface area (Å²) in [5.74, 6) is 0.119. The highest BCUT2D eigenvalue weighted by Crippen LogP contribution is 2.31. The number of hydrogen-bond donors (Lipinski definition) is 0. The van der Waals surface area contributed by atoms with Crippen LogP contribution in [0.4, 0.5) is 0 Å². The summed E-state index contributed by atoms with van der Waals surface area (Å²) in [7, 11) is 0. The first-order valence-electron chi connectivity index (χ1n) is 8.07. The molecule has 1 saturated heterocycles. The Morgan fingerprint density at radius 2 is 2.09 bits per heavy atom. The van der Waals surface area contributed by atoms with Crippen molar-refractivity contribution in [3.05, 3.63) is 54.1 Å². The molecule has 4 heteroatoms. The number of aromatic nitrogens is 2. The molecule has 116 valence electrons. The lowest BCUT2D eigenvalue weighted by atomic mass is 9.98. The van der Waals surface area contributed by atoms with Crippen molar-refractivity contribution < 1.29 is 4.79 Å². The number of amides is 1. The molecule has 1 aliphatic heterocycles. The van der Waals surface area contributed by atoms with E-state index in [9.17, 15) is 4.79 Å². The number of likely N-dealkylation sites (tertiary alicyclic amines) is 1. The zero-order valence-electron chi connectivity index (χ0n) is 13.3. The van der Waals surface area contributed by atoms with Crippen molar-refractivity contribution in [3.8, 4) is 0 Å². The van der Waals surface area contributed by atoms with Gasteiger partial charge in [-0.25, -0.2) is 0 Å². The average Bonchev–Trinajstić information content (AvgIpc) is 3.05. The van der Waals surface area contributed by atoms with Crippen molar-refractivity contribution in [1.29, 1.82) is 0 Å². The predicted octanol–water partition coefficient (Wildman–Crippen LogP) is 3.83. The van der Waals surface area contributed by atoms with E-state index in [1.165, 1.54) is 0 Å². The van der Waals surface area contributed by atoms with Crippen molar-refractivity contribution >= 4 is 5.91 Å². The van der Waals surface area contributed by atoms with E-state index in [4.69, 9.17) is 0 Å². The minimum atomic E-state index is 0.0953. The van der Waals surface area contributed by atoms with E-state index in [0.29, 0.717) is 0 Å². The van der Waals surface area contributed by atoms with Crippen LogP contribution in [-0.4, -0.2) is 26.9 Å². The minimum absolute atomic E-state index is 0.0953. The first-order valence-corrected chi connectivity index (χ1v) is 8.07. The van der Waals surface area contributed by atoms with Gasteiger partial charge in [-0.3, -0.25) is 9.78 Å². The molecule has 0 aromatic carbocycles. The summed E-state index contributed by atoms with van der Waals surface area (Å²) in [6, 6.07) is 10.2. The number of pyridine rings is 1. The monoisotopic (exact) mass is 297 g/mol. The van der Waals surface area contributed by atoms with E-state index in [1.807, 2.05) is 52.2 Å². The molecule has 0 aliphatic carbocycles. The third-order valence-electron chi connectivity index (χ3n) is 4.35. The Bertz CT molecular complexity index is 633. The first kappa shape index (κ1) is 14.8. The fraction of sp³-hybridized carbons (Fsp3) is 0.444. The second-order valence-corrected chi connectivity index (χ2v) is 6.16. The lowest BCUT2D eigenvalue weighted by Crippen LogP contribution is -2.39. The van der Waals surface area contributed by atoms with Gasteiger partial charge in [0, 0.05) is 25.0 Å². The maximum atomic E-state index is 13.0. The van der Waals surface area contributed by atoms with Gasteiger partial charge in [0.1, 0.15) is 5.69 Å².